The SMILES string of the molecule is CNC(=O)C(C)N(Cc1ccc(F)cc1)C(=O)CN(c1cccc(OC)c1)S(=O)(=O)c1ccc(C)cc1. The summed E-state index contributed by atoms with van der Waals surface area (Å²) >= 11 is 0. The first-order chi connectivity index (χ1) is 17.6. The number of nitrogens with one attached hydrogen (secondary N) is 1. The van der Waals surface area contributed by atoms with Crippen LogP contribution in [0.5, 0.6) is 5.75 Å². The lowest BCUT2D eigenvalue weighted by Crippen LogP contribution is -2.50. The Morgan fingerprint density at radius 1 is 1.03 bits per heavy atom. The van der Waals surface area contributed by atoms with E-state index in [0.717, 1.165) is 9.87 Å². The van der Waals surface area contributed by atoms with E-state index in [1.54, 1.807) is 37.3 Å². The van der Waals surface area contributed by atoms with Gasteiger partial charge in [0.25, 0.3) is 10.0 Å². The highest BCUT2D eigenvalue weighted by Crippen LogP contribution is 2.28. The molecule has 3 aromatic carbocycles. The second-order valence-electron chi connectivity index (χ2n) is 8.46. The fourth-order valence-electron chi connectivity index (χ4n) is 3.71. The zero-order valence-corrected chi connectivity index (χ0v) is 22.0. The Hall–Kier alpha value is -3.92. The van der Waals surface area contributed by atoms with Crippen LogP contribution < -0.4 is 14.4 Å². The van der Waals surface area contributed by atoms with E-state index in [1.165, 1.54) is 61.5 Å². The van der Waals surface area contributed by atoms with Crippen LogP contribution in [0.2, 0.25) is 0 Å². The second-order valence-corrected chi connectivity index (χ2v) is 10.3. The van der Waals surface area contributed by atoms with Gasteiger partial charge in [-0.3, -0.25) is 13.9 Å². The summed E-state index contributed by atoms with van der Waals surface area (Å²) in [5, 5.41) is 2.52. The number of hydrogen-bond acceptors (Lipinski definition) is 5. The quantitative estimate of drug-likeness (QED) is 0.436. The molecule has 8 nitrogen and oxygen atoms in total. The molecule has 0 aliphatic heterocycles. The van der Waals surface area contributed by atoms with Crippen molar-refractivity contribution in [3.8, 4) is 5.75 Å². The van der Waals surface area contributed by atoms with Crippen LogP contribution in [0.3, 0.4) is 0 Å². The van der Waals surface area contributed by atoms with Crippen LogP contribution in [0.1, 0.15) is 18.1 Å². The molecular weight excluding hydrogens is 497 g/mol. The number of likely N-dealkylation sites (N-methyl/N-ethyl adjacent to an activating group) is 1. The van der Waals surface area contributed by atoms with Gasteiger partial charge in [-0.05, 0) is 55.8 Å². The maximum atomic E-state index is 13.8. The molecule has 196 valence electrons. The van der Waals surface area contributed by atoms with Gasteiger partial charge in [-0.2, -0.15) is 0 Å². The van der Waals surface area contributed by atoms with E-state index in [1.807, 2.05) is 6.92 Å². The molecule has 0 radical (unpaired) electrons. The molecule has 0 bridgehead atoms. The van der Waals surface area contributed by atoms with E-state index in [2.05, 4.69) is 5.32 Å². The van der Waals surface area contributed by atoms with E-state index in [4.69, 9.17) is 4.74 Å². The Labute approximate surface area is 216 Å². The van der Waals surface area contributed by atoms with E-state index in [9.17, 15) is 22.4 Å². The highest BCUT2D eigenvalue weighted by molar-refractivity contribution is 7.92. The number of sulfonamides is 1. The summed E-state index contributed by atoms with van der Waals surface area (Å²) in [4.78, 5) is 27.4. The number of aryl methyl sites for hydroxylation is 1. The van der Waals surface area contributed by atoms with Crippen LogP contribution in [-0.2, 0) is 26.2 Å². The van der Waals surface area contributed by atoms with Crippen molar-refractivity contribution < 1.29 is 27.1 Å². The standard InChI is InChI=1S/C27H30FN3O5S/c1-19-8-14-25(15-9-19)37(34,35)31(23-6-5-7-24(16-23)36-4)18-26(32)30(20(2)27(33)29-3)17-21-10-12-22(28)13-11-21/h5-16,20H,17-18H2,1-4H3,(H,29,33). The molecule has 1 atom stereocenters. The summed E-state index contributed by atoms with van der Waals surface area (Å²) in [6.45, 7) is 2.79. The number of methoxy groups -OCH3 is 1. The summed E-state index contributed by atoms with van der Waals surface area (Å²) in [7, 11) is -1.27. The van der Waals surface area contributed by atoms with Crippen LogP contribution in [0.25, 0.3) is 0 Å². The molecule has 3 rings (SSSR count). The Morgan fingerprint density at radius 2 is 1.68 bits per heavy atom. The second kappa shape index (κ2) is 11.9. The van der Waals surface area contributed by atoms with Crippen molar-refractivity contribution >= 4 is 27.5 Å². The number of carbonyl (C=O) groups excluding carboxylic acids is 2. The maximum absolute atomic E-state index is 13.8. The van der Waals surface area contributed by atoms with Gasteiger partial charge >= 0.3 is 0 Å². The minimum absolute atomic E-state index is 0.0122. The zero-order valence-electron chi connectivity index (χ0n) is 21.1. The van der Waals surface area contributed by atoms with Crippen molar-refractivity contribution in [2.45, 2.75) is 31.3 Å². The normalized spacial score (nSPS) is 11.9. The third-order valence-electron chi connectivity index (χ3n) is 5.91. The molecule has 3 aromatic rings. The number of rotatable bonds is 10. The predicted octanol–water partition coefficient (Wildman–Crippen LogP) is 3.50. The number of benzene rings is 3. The summed E-state index contributed by atoms with van der Waals surface area (Å²) in [6, 6.07) is 17.3. The van der Waals surface area contributed by atoms with Gasteiger partial charge in [0, 0.05) is 19.7 Å². The highest BCUT2D eigenvalue weighted by Gasteiger charge is 2.32. The van der Waals surface area contributed by atoms with Crippen LogP contribution >= 0.6 is 0 Å². The molecule has 0 heterocycles. The fourth-order valence-corrected chi connectivity index (χ4v) is 5.12. The topological polar surface area (TPSA) is 96.0 Å². The zero-order chi connectivity index (χ0) is 27.2. The molecule has 0 saturated carbocycles. The van der Waals surface area contributed by atoms with Gasteiger partial charge in [0.05, 0.1) is 17.7 Å². The largest absolute Gasteiger partial charge is 0.497 e. The molecule has 2 amide bonds. The number of amides is 2. The number of hydrogen-bond donors (Lipinski definition) is 1. The lowest BCUT2D eigenvalue weighted by Gasteiger charge is -2.31. The molecule has 0 aromatic heterocycles. The van der Waals surface area contributed by atoms with Crippen molar-refractivity contribution in [2.75, 3.05) is 25.0 Å². The van der Waals surface area contributed by atoms with Crippen molar-refractivity contribution in [2.24, 2.45) is 0 Å². The lowest BCUT2D eigenvalue weighted by atomic mass is 10.1. The van der Waals surface area contributed by atoms with Crippen molar-refractivity contribution in [1.29, 1.82) is 0 Å². The third-order valence-corrected chi connectivity index (χ3v) is 7.70. The number of halogens is 1. The molecule has 10 heteroatoms. The molecule has 1 N–H and O–H groups in total. The smallest absolute Gasteiger partial charge is 0.264 e. The summed E-state index contributed by atoms with van der Waals surface area (Å²) in [5.74, 6) is -1.06. The number of nitrogens with zero attached hydrogens (tertiary/aromatic N) is 2. The Bertz CT molecular complexity index is 1350. The average Bonchev–Trinajstić information content (AvgIpc) is 2.90. The third kappa shape index (κ3) is 6.65. The van der Waals surface area contributed by atoms with Crippen LogP contribution in [0.4, 0.5) is 10.1 Å². The molecular formula is C27H30FN3O5S. The summed E-state index contributed by atoms with van der Waals surface area (Å²) < 4.78 is 47.2. The van der Waals surface area contributed by atoms with E-state index >= 15 is 0 Å². The Balaban J connectivity index is 2.04. The molecule has 0 saturated heterocycles. The Kier molecular flexibility index (Phi) is 8.88. The predicted molar refractivity (Wildman–Crippen MR) is 139 cm³/mol. The number of anilines is 1. The van der Waals surface area contributed by atoms with Gasteiger partial charge in [-0.1, -0.05) is 35.9 Å². The summed E-state index contributed by atoms with van der Waals surface area (Å²) in [6.07, 6.45) is 0. The maximum Gasteiger partial charge on any atom is 0.264 e. The first-order valence-electron chi connectivity index (χ1n) is 11.6. The average molecular weight is 528 g/mol. The monoisotopic (exact) mass is 527 g/mol. The van der Waals surface area contributed by atoms with Crippen LogP contribution in [-0.4, -0.2) is 51.9 Å². The van der Waals surface area contributed by atoms with Crippen molar-refractivity contribution in [3.63, 3.8) is 0 Å². The van der Waals surface area contributed by atoms with Crippen LogP contribution in [0, 0.1) is 12.7 Å². The van der Waals surface area contributed by atoms with E-state index in [-0.39, 0.29) is 17.1 Å². The van der Waals surface area contributed by atoms with Gasteiger partial charge in [0.15, 0.2) is 0 Å². The Morgan fingerprint density at radius 3 is 2.27 bits per heavy atom. The molecule has 0 aliphatic rings. The van der Waals surface area contributed by atoms with Crippen LogP contribution in [0.15, 0.2) is 77.7 Å². The minimum atomic E-state index is -4.17. The van der Waals surface area contributed by atoms with Crippen molar-refractivity contribution in [3.05, 3.63) is 89.7 Å². The van der Waals surface area contributed by atoms with E-state index < -0.39 is 40.2 Å². The molecule has 37 heavy (non-hydrogen) atoms. The van der Waals surface area contributed by atoms with Gasteiger partial charge in [-0.15, -0.1) is 0 Å². The van der Waals surface area contributed by atoms with Gasteiger partial charge < -0.3 is 15.0 Å². The number of ether oxygens (including phenoxy) is 1. The first kappa shape index (κ1) is 27.7. The number of carbonyl (C=O) groups is 2. The molecule has 0 spiro atoms. The lowest BCUT2D eigenvalue weighted by molar-refractivity contribution is -0.139. The van der Waals surface area contributed by atoms with Crippen molar-refractivity contribution in [1.82, 2.24) is 10.2 Å². The van der Waals surface area contributed by atoms with Gasteiger partial charge in [0.1, 0.15) is 24.2 Å². The van der Waals surface area contributed by atoms with Gasteiger partial charge in [-0.25, -0.2) is 12.8 Å². The molecule has 0 fully saturated rings. The molecule has 0 aliphatic carbocycles. The highest BCUT2D eigenvalue weighted by atomic mass is 32.2. The first-order valence-corrected chi connectivity index (χ1v) is 13.0. The molecule has 1 unspecified atom stereocenters. The van der Waals surface area contributed by atoms with E-state index in [0.29, 0.717) is 11.3 Å². The fraction of sp³-hybridized carbons (Fsp3) is 0.259. The summed E-state index contributed by atoms with van der Waals surface area (Å²) in [5.41, 5.74) is 1.69. The van der Waals surface area contributed by atoms with Gasteiger partial charge in [0.2, 0.25) is 11.8 Å². The minimum Gasteiger partial charge on any atom is -0.497 e.